The number of hydrogen-bond acceptors (Lipinski definition) is 4. The SMILES string of the molecule is CCN(CC)S(=O)(=O)CCNC(=NC)NC1CCN(C2CC2)CC1.I. The molecule has 9 heteroatoms. The molecule has 1 saturated carbocycles. The zero-order valence-electron chi connectivity index (χ0n) is 15.7. The number of nitrogens with one attached hydrogen (secondary N) is 2. The minimum Gasteiger partial charge on any atom is -0.355 e. The van der Waals surface area contributed by atoms with Gasteiger partial charge in [-0.1, -0.05) is 13.8 Å². The van der Waals surface area contributed by atoms with Crippen molar-refractivity contribution in [1.82, 2.24) is 19.8 Å². The minimum absolute atomic E-state index is 0. The molecule has 2 N–H and O–H groups in total. The van der Waals surface area contributed by atoms with Gasteiger partial charge in [-0.25, -0.2) is 12.7 Å². The Morgan fingerprint density at radius 2 is 1.76 bits per heavy atom. The van der Waals surface area contributed by atoms with E-state index in [1.165, 1.54) is 17.1 Å². The zero-order valence-corrected chi connectivity index (χ0v) is 18.8. The van der Waals surface area contributed by atoms with Gasteiger partial charge >= 0.3 is 0 Å². The summed E-state index contributed by atoms with van der Waals surface area (Å²) < 4.78 is 25.9. The van der Waals surface area contributed by atoms with Gasteiger partial charge in [0.1, 0.15) is 0 Å². The average molecular weight is 487 g/mol. The molecule has 0 radical (unpaired) electrons. The Bertz CT molecular complexity index is 513. The molecule has 2 fully saturated rings. The predicted octanol–water partition coefficient (Wildman–Crippen LogP) is 1.07. The van der Waals surface area contributed by atoms with E-state index in [2.05, 4.69) is 20.5 Å². The molecule has 0 amide bonds. The van der Waals surface area contributed by atoms with Crippen molar-refractivity contribution >= 4 is 40.0 Å². The maximum atomic E-state index is 12.2. The Hall–Kier alpha value is -0.130. The van der Waals surface area contributed by atoms with Gasteiger partial charge in [-0.05, 0) is 25.7 Å². The lowest BCUT2D eigenvalue weighted by Gasteiger charge is -2.33. The fraction of sp³-hybridized carbons (Fsp3) is 0.938. The van der Waals surface area contributed by atoms with Crippen molar-refractivity contribution in [1.29, 1.82) is 0 Å². The lowest BCUT2D eigenvalue weighted by atomic mass is 10.1. The molecule has 0 atom stereocenters. The molecular weight excluding hydrogens is 453 g/mol. The van der Waals surface area contributed by atoms with Crippen molar-refractivity contribution in [3.63, 3.8) is 0 Å². The van der Waals surface area contributed by atoms with E-state index in [4.69, 9.17) is 0 Å². The van der Waals surface area contributed by atoms with Gasteiger partial charge in [-0.3, -0.25) is 4.99 Å². The summed E-state index contributed by atoms with van der Waals surface area (Å²) in [5.41, 5.74) is 0. The van der Waals surface area contributed by atoms with Gasteiger partial charge in [0.25, 0.3) is 0 Å². The van der Waals surface area contributed by atoms with Crippen LogP contribution in [-0.4, -0.2) is 81.2 Å². The van der Waals surface area contributed by atoms with Gasteiger partial charge in [0.15, 0.2) is 5.96 Å². The highest BCUT2D eigenvalue weighted by molar-refractivity contribution is 14.0. The number of sulfonamides is 1. The molecule has 7 nitrogen and oxygen atoms in total. The zero-order chi connectivity index (χ0) is 17.6. The van der Waals surface area contributed by atoms with Crippen LogP contribution in [-0.2, 0) is 10.0 Å². The van der Waals surface area contributed by atoms with Crippen molar-refractivity contribution in [2.45, 2.75) is 51.6 Å². The second kappa shape index (κ2) is 10.9. The lowest BCUT2D eigenvalue weighted by Crippen LogP contribution is -2.50. The smallest absolute Gasteiger partial charge is 0.215 e. The van der Waals surface area contributed by atoms with E-state index in [0.29, 0.717) is 31.6 Å². The molecule has 1 aliphatic heterocycles. The van der Waals surface area contributed by atoms with Gasteiger partial charge < -0.3 is 15.5 Å². The summed E-state index contributed by atoms with van der Waals surface area (Å²) in [7, 11) is -1.46. The summed E-state index contributed by atoms with van der Waals surface area (Å²) in [4.78, 5) is 6.81. The summed E-state index contributed by atoms with van der Waals surface area (Å²) in [6.07, 6.45) is 4.97. The molecule has 0 spiro atoms. The summed E-state index contributed by atoms with van der Waals surface area (Å²) in [5.74, 6) is 0.796. The van der Waals surface area contributed by atoms with E-state index in [-0.39, 0.29) is 29.7 Å². The number of piperidine rings is 1. The number of hydrogen-bond donors (Lipinski definition) is 2. The molecular formula is C16H34IN5O2S. The molecule has 0 aromatic carbocycles. The van der Waals surface area contributed by atoms with Crippen LogP contribution >= 0.6 is 24.0 Å². The Morgan fingerprint density at radius 3 is 2.24 bits per heavy atom. The van der Waals surface area contributed by atoms with Crippen LogP contribution in [0.3, 0.4) is 0 Å². The van der Waals surface area contributed by atoms with Gasteiger partial charge in [0, 0.05) is 51.9 Å². The van der Waals surface area contributed by atoms with Crippen LogP contribution in [0.4, 0.5) is 0 Å². The normalized spacial score (nSPS) is 20.4. The van der Waals surface area contributed by atoms with Crippen LogP contribution in [0.15, 0.2) is 4.99 Å². The van der Waals surface area contributed by atoms with Crippen molar-refractivity contribution in [3.8, 4) is 0 Å². The van der Waals surface area contributed by atoms with E-state index in [1.807, 2.05) is 13.8 Å². The van der Waals surface area contributed by atoms with E-state index in [9.17, 15) is 8.42 Å². The van der Waals surface area contributed by atoms with Crippen molar-refractivity contribution in [2.75, 3.05) is 45.5 Å². The van der Waals surface area contributed by atoms with E-state index in [0.717, 1.165) is 32.0 Å². The number of guanidine groups is 1. The van der Waals surface area contributed by atoms with Gasteiger partial charge in [0.05, 0.1) is 5.75 Å². The van der Waals surface area contributed by atoms with Crippen LogP contribution in [0.5, 0.6) is 0 Å². The Balaban J connectivity index is 0.00000312. The fourth-order valence-corrected chi connectivity index (χ4v) is 4.69. The first-order valence-electron chi connectivity index (χ1n) is 9.19. The average Bonchev–Trinajstić information content (AvgIpc) is 3.40. The van der Waals surface area contributed by atoms with E-state index < -0.39 is 10.0 Å². The third-order valence-electron chi connectivity index (χ3n) is 4.91. The van der Waals surface area contributed by atoms with Crippen LogP contribution in [0.2, 0.25) is 0 Å². The summed E-state index contributed by atoms with van der Waals surface area (Å²) >= 11 is 0. The lowest BCUT2D eigenvalue weighted by molar-refractivity contribution is 0.197. The highest BCUT2D eigenvalue weighted by Gasteiger charge is 2.31. The third kappa shape index (κ3) is 7.18. The van der Waals surface area contributed by atoms with Crippen LogP contribution in [0, 0.1) is 0 Å². The Kier molecular flexibility index (Phi) is 9.97. The molecule has 0 unspecified atom stereocenters. The monoisotopic (exact) mass is 487 g/mol. The molecule has 0 aromatic rings. The number of likely N-dealkylation sites (tertiary alicyclic amines) is 1. The number of rotatable bonds is 8. The van der Waals surface area contributed by atoms with Gasteiger partial charge in [-0.2, -0.15) is 0 Å². The predicted molar refractivity (Wildman–Crippen MR) is 114 cm³/mol. The minimum atomic E-state index is -3.19. The maximum Gasteiger partial charge on any atom is 0.215 e. The third-order valence-corrected chi connectivity index (χ3v) is 6.93. The number of halogens is 1. The first kappa shape index (κ1) is 22.9. The van der Waals surface area contributed by atoms with E-state index in [1.54, 1.807) is 7.05 Å². The summed E-state index contributed by atoms with van der Waals surface area (Å²) in [6.45, 7) is 7.44. The molecule has 1 saturated heterocycles. The van der Waals surface area contributed by atoms with Crippen molar-refractivity contribution in [3.05, 3.63) is 0 Å². The highest BCUT2D eigenvalue weighted by Crippen LogP contribution is 2.29. The summed E-state index contributed by atoms with van der Waals surface area (Å²) in [6, 6.07) is 1.26. The molecule has 148 valence electrons. The van der Waals surface area contributed by atoms with Gasteiger partial charge in [-0.15, -0.1) is 24.0 Å². The Labute approximate surface area is 170 Å². The van der Waals surface area contributed by atoms with Crippen molar-refractivity contribution < 1.29 is 8.42 Å². The molecule has 1 heterocycles. The number of aliphatic imine (C=N–C) groups is 1. The molecule has 2 aliphatic rings. The second-order valence-corrected chi connectivity index (χ2v) is 8.67. The molecule has 0 bridgehead atoms. The van der Waals surface area contributed by atoms with Crippen molar-refractivity contribution in [2.24, 2.45) is 4.99 Å². The quantitative estimate of drug-likeness (QED) is 0.304. The van der Waals surface area contributed by atoms with Crippen LogP contribution in [0.25, 0.3) is 0 Å². The maximum absolute atomic E-state index is 12.2. The summed E-state index contributed by atoms with van der Waals surface area (Å²) in [5, 5.41) is 6.57. The second-order valence-electron chi connectivity index (χ2n) is 6.59. The largest absolute Gasteiger partial charge is 0.355 e. The highest BCUT2D eigenvalue weighted by atomic mass is 127. The van der Waals surface area contributed by atoms with Crippen LogP contribution < -0.4 is 10.6 Å². The number of nitrogens with zero attached hydrogens (tertiary/aromatic N) is 3. The molecule has 25 heavy (non-hydrogen) atoms. The fourth-order valence-electron chi connectivity index (χ4n) is 3.28. The molecule has 1 aliphatic carbocycles. The van der Waals surface area contributed by atoms with Crippen LogP contribution in [0.1, 0.15) is 39.5 Å². The Morgan fingerprint density at radius 1 is 1.16 bits per heavy atom. The molecule has 2 rings (SSSR count). The first-order valence-corrected chi connectivity index (χ1v) is 10.8. The standard InChI is InChI=1S/C16H33N5O2S.HI/c1-4-21(5-2)24(22,23)13-10-18-16(17-3)19-14-8-11-20(12-9-14)15-6-7-15;/h14-15H,4-13H2,1-3H3,(H2,17,18,19);1H. The van der Waals surface area contributed by atoms with E-state index >= 15 is 0 Å². The topological polar surface area (TPSA) is 77.0 Å². The molecule has 0 aromatic heterocycles. The van der Waals surface area contributed by atoms with Gasteiger partial charge in [0.2, 0.25) is 10.0 Å². The first-order chi connectivity index (χ1) is 11.5.